The predicted octanol–water partition coefficient (Wildman–Crippen LogP) is 3.01. The molecule has 5 heterocycles. The third-order valence-electron chi connectivity index (χ3n) is 7.13. The largest absolute Gasteiger partial charge is 0.491 e. The van der Waals surface area contributed by atoms with E-state index in [1.807, 2.05) is 30.4 Å². The van der Waals surface area contributed by atoms with Crippen LogP contribution < -0.4 is 14.8 Å². The van der Waals surface area contributed by atoms with Crippen LogP contribution in [0, 0.1) is 0 Å². The Bertz CT molecular complexity index is 1480. The molecule has 1 fully saturated rings. The lowest BCUT2D eigenvalue weighted by Crippen LogP contribution is -2.45. The molecule has 190 valence electrons. The standard InChI is InChI=1S/C27H29N7O3/c1-4-25(35)33-11-9-19(10-12-33)29-21-16-37-22-13-17(5-6-20(21)22)26-27(18-14-28-32(2)15-18)34-23(30-26)7-8-24(31-34)36-3/h4-8,13-15,19,21,29H,1,9-12,16H2,2-3H3/t21-/m0/s1. The molecular weight excluding hydrogens is 470 g/mol. The molecular formula is C27H29N7O3. The quantitative estimate of drug-likeness (QED) is 0.407. The summed E-state index contributed by atoms with van der Waals surface area (Å²) in [6.07, 6.45) is 6.98. The fraction of sp³-hybridized carbons (Fsp3) is 0.333. The van der Waals surface area contributed by atoms with Gasteiger partial charge >= 0.3 is 0 Å². The number of methoxy groups -OCH3 is 1. The summed E-state index contributed by atoms with van der Waals surface area (Å²) in [6, 6.07) is 10.4. The van der Waals surface area contributed by atoms with Crippen molar-refractivity contribution in [1.29, 1.82) is 0 Å². The summed E-state index contributed by atoms with van der Waals surface area (Å²) in [4.78, 5) is 18.6. The van der Waals surface area contributed by atoms with Gasteiger partial charge in [0, 0.05) is 55.1 Å². The van der Waals surface area contributed by atoms with Crippen LogP contribution in [0.15, 0.2) is 55.4 Å². The number of piperidine rings is 1. The molecule has 1 aromatic carbocycles. The van der Waals surface area contributed by atoms with Crippen LogP contribution in [0.25, 0.3) is 28.2 Å². The first-order valence-electron chi connectivity index (χ1n) is 12.4. The van der Waals surface area contributed by atoms with Gasteiger partial charge in [-0.2, -0.15) is 5.10 Å². The van der Waals surface area contributed by atoms with E-state index in [2.05, 4.69) is 40.3 Å². The van der Waals surface area contributed by atoms with Crippen molar-refractivity contribution in [3.05, 3.63) is 60.9 Å². The van der Waals surface area contributed by atoms with Crippen molar-refractivity contribution in [3.63, 3.8) is 0 Å². The van der Waals surface area contributed by atoms with Gasteiger partial charge in [0.05, 0.1) is 25.0 Å². The molecule has 6 rings (SSSR count). The molecule has 4 aromatic rings. The van der Waals surface area contributed by atoms with Gasteiger partial charge in [0.15, 0.2) is 5.65 Å². The maximum absolute atomic E-state index is 11.9. The van der Waals surface area contributed by atoms with Crippen LogP contribution in [0.2, 0.25) is 0 Å². The van der Waals surface area contributed by atoms with Crippen molar-refractivity contribution in [2.75, 3.05) is 26.8 Å². The monoisotopic (exact) mass is 499 g/mol. The van der Waals surface area contributed by atoms with Crippen molar-refractivity contribution in [1.82, 2.24) is 34.6 Å². The molecule has 10 nitrogen and oxygen atoms in total. The molecule has 0 saturated carbocycles. The highest BCUT2D eigenvalue weighted by atomic mass is 16.5. The van der Waals surface area contributed by atoms with E-state index in [1.54, 1.807) is 22.4 Å². The molecule has 1 N–H and O–H groups in total. The third-order valence-corrected chi connectivity index (χ3v) is 7.13. The Morgan fingerprint density at radius 3 is 2.78 bits per heavy atom. The second-order valence-electron chi connectivity index (χ2n) is 9.44. The van der Waals surface area contributed by atoms with Crippen LogP contribution in [0.1, 0.15) is 24.4 Å². The van der Waals surface area contributed by atoms with E-state index in [9.17, 15) is 4.79 Å². The maximum atomic E-state index is 11.9. The predicted molar refractivity (Wildman–Crippen MR) is 138 cm³/mol. The molecule has 0 radical (unpaired) electrons. The van der Waals surface area contributed by atoms with E-state index >= 15 is 0 Å². The number of benzene rings is 1. The number of imidazole rings is 1. The number of nitrogens with one attached hydrogen (secondary N) is 1. The topological polar surface area (TPSA) is 98.8 Å². The molecule has 1 atom stereocenters. The van der Waals surface area contributed by atoms with E-state index in [-0.39, 0.29) is 11.9 Å². The van der Waals surface area contributed by atoms with Gasteiger partial charge in [0.25, 0.3) is 0 Å². The lowest BCUT2D eigenvalue weighted by Gasteiger charge is -2.33. The normalized spacial score (nSPS) is 17.6. The van der Waals surface area contributed by atoms with Gasteiger partial charge in [0.2, 0.25) is 11.8 Å². The first-order chi connectivity index (χ1) is 18.0. The second kappa shape index (κ2) is 9.36. The van der Waals surface area contributed by atoms with Crippen LogP contribution >= 0.6 is 0 Å². The highest BCUT2D eigenvalue weighted by Gasteiger charge is 2.30. The first kappa shape index (κ1) is 23.2. The fourth-order valence-corrected chi connectivity index (χ4v) is 5.20. The minimum atomic E-state index is 0.00627. The van der Waals surface area contributed by atoms with Gasteiger partial charge in [-0.25, -0.2) is 9.50 Å². The van der Waals surface area contributed by atoms with Gasteiger partial charge in [-0.15, -0.1) is 5.10 Å². The Kier molecular flexibility index (Phi) is 5.88. The lowest BCUT2D eigenvalue weighted by atomic mass is 9.99. The lowest BCUT2D eigenvalue weighted by molar-refractivity contribution is -0.127. The third kappa shape index (κ3) is 4.23. The summed E-state index contributed by atoms with van der Waals surface area (Å²) in [5.41, 5.74) is 5.36. The number of aromatic nitrogens is 5. The van der Waals surface area contributed by atoms with Crippen molar-refractivity contribution in [3.8, 4) is 34.1 Å². The van der Waals surface area contributed by atoms with Crippen LogP contribution in [-0.4, -0.2) is 68.0 Å². The Balaban J connectivity index is 1.29. The molecule has 3 aromatic heterocycles. The van der Waals surface area contributed by atoms with Crippen LogP contribution in [0.4, 0.5) is 0 Å². The Hall–Kier alpha value is -4.18. The number of aryl methyl sites for hydroxylation is 1. The Labute approximate surface area is 214 Å². The number of fused-ring (bicyclic) bond motifs is 2. The molecule has 2 aliphatic rings. The number of carbonyl (C=O) groups is 1. The van der Waals surface area contributed by atoms with Gasteiger partial charge in [-0.3, -0.25) is 9.48 Å². The molecule has 1 amide bonds. The molecule has 0 unspecified atom stereocenters. The van der Waals surface area contributed by atoms with Crippen molar-refractivity contribution >= 4 is 11.6 Å². The molecule has 10 heteroatoms. The smallest absolute Gasteiger partial charge is 0.245 e. The molecule has 0 bridgehead atoms. The number of ether oxygens (including phenoxy) is 2. The summed E-state index contributed by atoms with van der Waals surface area (Å²) < 4.78 is 15.0. The zero-order valence-electron chi connectivity index (χ0n) is 20.9. The van der Waals surface area contributed by atoms with Gasteiger partial charge < -0.3 is 19.7 Å². The Morgan fingerprint density at radius 2 is 2.05 bits per heavy atom. The zero-order valence-corrected chi connectivity index (χ0v) is 20.9. The highest BCUT2D eigenvalue weighted by molar-refractivity contribution is 5.87. The number of hydrogen-bond acceptors (Lipinski definition) is 7. The molecule has 2 aliphatic heterocycles. The summed E-state index contributed by atoms with van der Waals surface area (Å²) in [5, 5.41) is 12.7. The van der Waals surface area contributed by atoms with Crippen LogP contribution in [0.5, 0.6) is 11.6 Å². The van der Waals surface area contributed by atoms with Gasteiger partial charge in [0.1, 0.15) is 18.1 Å². The van der Waals surface area contributed by atoms with E-state index in [0.29, 0.717) is 18.5 Å². The van der Waals surface area contributed by atoms with Gasteiger partial charge in [-0.05, 0) is 31.1 Å². The van der Waals surface area contributed by atoms with Crippen molar-refractivity contribution < 1.29 is 14.3 Å². The SMILES string of the molecule is C=CC(=O)N1CCC(N[C@H]2COc3cc(-c4nc5ccc(OC)nn5c4-c4cnn(C)c4)ccc32)CC1. The summed E-state index contributed by atoms with van der Waals surface area (Å²) in [6.45, 7) is 5.65. The number of hydrogen-bond donors (Lipinski definition) is 1. The second-order valence-corrected chi connectivity index (χ2v) is 9.44. The average Bonchev–Trinajstić information content (AvgIpc) is 3.64. The average molecular weight is 500 g/mol. The van der Waals surface area contributed by atoms with E-state index in [1.165, 1.54) is 6.08 Å². The number of likely N-dealkylation sites (tertiary alicyclic amines) is 1. The zero-order chi connectivity index (χ0) is 25.5. The minimum Gasteiger partial charge on any atom is -0.491 e. The number of nitrogens with zero attached hydrogens (tertiary/aromatic N) is 6. The van der Waals surface area contributed by atoms with Crippen LogP contribution in [-0.2, 0) is 11.8 Å². The molecule has 1 saturated heterocycles. The van der Waals surface area contributed by atoms with E-state index < -0.39 is 0 Å². The van der Waals surface area contributed by atoms with Gasteiger partial charge in [-0.1, -0.05) is 18.7 Å². The Morgan fingerprint density at radius 1 is 1.22 bits per heavy atom. The number of carbonyl (C=O) groups excluding carboxylic acids is 1. The highest BCUT2D eigenvalue weighted by Crippen LogP contribution is 2.39. The number of rotatable bonds is 6. The van der Waals surface area contributed by atoms with E-state index in [0.717, 1.165) is 65.4 Å². The molecule has 37 heavy (non-hydrogen) atoms. The van der Waals surface area contributed by atoms with Crippen LogP contribution in [0.3, 0.4) is 0 Å². The number of amides is 1. The minimum absolute atomic E-state index is 0.00627. The van der Waals surface area contributed by atoms with E-state index in [4.69, 9.17) is 14.5 Å². The molecule has 0 spiro atoms. The van der Waals surface area contributed by atoms with Crippen molar-refractivity contribution in [2.24, 2.45) is 7.05 Å². The fourth-order valence-electron chi connectivity index (χ4n) is 5.20. The summed E-state index contributed by atoms with van der Waals surface area (Å²) in [5.74, 6) is 1.37. The molecule has 0 aliphatic carbocycles. The van der Waals surface area contributed by atoms with Crippen molar-refractivity contribution in [2.45, 2.75) is 24.9 Å². The summed E-state index contributed by atoms with van der Waals surface area (Å²) >= 11 is 0. The first-order valence-corrected chi connectivity index (χ1v) is 12.4. The summed E-state index contributed by atoms with van der Waals surface area (Å²) in [7, 11) is 3.49. The maximum Gasteiger partial charge on any atom is 0.245 e.